The van der Waals surface area contributed by atoms with E-state index in [9.17, 15) is 0 Å². The fourth-order valence-corrected chi connectivity index (χ4v) is 0.0986. The summed E-state index contributed by atoms with van der Waals surface area (Å²) in [5.41, 5.74) is 0.748. The van der Waals surface area contributed by atoms with E-state index < -0.39 is 0 Å². The molecule has 0 radical (unpaired) electrons. The molecule has 0 aliphatic carbocycles. The number of allylic oxidation sites excluding steroid dienone is 1. The van der Waals surface area contributed by atoms with Crippen LogP contribution in [0.5, 0.6) is 0 Å². The fraction of sp³-hybridized carbons (Fsp3) is 0.250. The largest absolute Gasteiger partial charge is 0.411 e. The Morgan fingerprint density at radius 3 is 2.50 bits per heavy atom. The molecule has 0 rings (SSSR count). The van der Waals surface area contributed by atoms with Gasteiger partial charge in [0, 0.05) is 0 Å². The molecular formula is C4H7NO. The molecule has 0 aromatic carbocycles. The van der Waals surface area contributed by atoms with E-state index in [1.54, 1.807) is 6.92 Å². The van der Waals surface area contributed by atoms with Crippen molar-refractivity contribution in [2.24, 2.45) is 5.16 Å². The molecule has 0 unspecified atom stereocenters. The van der Waals surface area contributed by atoms with Crippen molar-refractivity contribution in [2.75, 3.05) is 0 Å². The van der Waals surface area contributed by atoms with E-state index in [0.29, 0.717) is 0 Å². The van der Waals surface area contributed by atoms with Crippen molar-refractivity contribution >= 4 is 6.21 Å². The van der Waals surface area contributed by atoms with E-state index in [1.807, 2.05) is 0 Å². The van der Waals surface area contributed by atoms with Gasteiger partial charge in [0.1, 0.15) is 0 Å². The molecular weight excluding hydrogens is 78.0 g/mol. The Morgan fingerprint density at radius 1 is 2.00 bits per heavy atom. The van der Waals surface area contributed by atoms with Crippen LogP contribution in [0.4, 0.5) is 0 Å². The van der Waals surface area contributed by atoms with Gasteiger partial charge in [-0.2, -0.15) is 0 Å². The lowest BCUT2D eigenvalue weighted by Gasteiger charge is -1.74. The summed E-state index contributed by atoms with van der Waals surface area (Å²) in [6, 6.07) is 0. The Hall–Kier alpha value is -0.790. The summed E-state index contributed by atoms with van der Waals surface area (Å²) >= 11 is 0. The molecule has 0 amide bonds. The molecule has 34 valence electrons. The van der Waals surface area contributed by atoms with Crippen molar-refractivity contribution in [3.63, 3.8) is 0 Å². The lowest BCUT2D eigenvalue weighted by Crippen LogP contribution is -1.69. The molecule has 0 heterocycles. The number of rotatable bonds is 1. The normalized spacial score (nSPS) is 9.50. The average Bonchev–Trinajstić information content (AvgIpc) is 1.35. The van der Waals surface area contributed by atoms with Gasteiger partial charge in [0.2, 0.25) is 0 Å². The molecule has 2 heteroatoms. The lowest BCUT2D eigenvalue weighted by atomic mass is 10.4. The summed E-state index contributed by atoms with van der Waals surface area (Å²) in [6.07, 6.45) is 1.28. The van der Waals surface area contributed by atoms with Crippen LogP contribution in [0.1, 0.15) is 6.92 Å². The molecule has 0 saturated heterocycles. The zero-order valence-corrected chi connectivity index (χ0v) is 3.68. The van der Waals surface area contributed by atoms with Crippen molar-refractivity contribution in [3.8, 4) is 0 Å². The summed E-state index contributed by atoms with van der Waals surface area (Å²) in [6.45, 7) is 5.19. The molecule has 0 aliphatic heterocycles. The van der Waals surface area contributed by atoms with Gasteiger partial charge >= 0.3 is 0 Å². The maximum absolute atomic E-state index is 7.75. The summed E-state index contributed by atoms with van der Waals surface area (Å²) < 4.78 is 0. The Labute approximate surface area is 36.8 Å². The predicted octanol–water partition coefficient (Wildman–Crippen LogP) is 1.02. The van der Waals surface area contributed by atoms with Gasteiger partial charge in [-0.15, -0.1) is 0 Å². The molecule has 2 nitrogen and oxygen atoms in total. The van der Waals surface area contributed by atoms with Gasteiger partial charge in [0.25, 0.3) is 0 Å². The first-order valence-electron chi connectivity index (χ1n) is 1.60. The molecule has 6 heavy (non-hydrogen) atoms. The Morgan fingerprint density at radius 2 is 2.50 bits per heavy atom. The molecule has 0 aliphatic rings. The molecule has 0 bridgehead atoms. The van der Waals surface area contributed by atoms with Crippen molar-refractivity contribution in [1.82, 2.24) is 0 Å². The van der Waals surface area contributed by atoms with E-state index in [4.69, 9.17) is 5.21 Å². The second-order valence-electron chi connectivity index (χ2n) is 1.09. The van der Waals surface area contributed by atoms with Crippen LogP contribution in [0.15, 0.2) is 17.3 Å². The smallest absolute Gasteiger partial charge is 0.0684 e. The summed E-state index contributed by atoms with van der Waals surface area (Å²) in [5, 5.41) is 10.5. The Kier molecular flexibility index (Phi) is 2.13. The average molecular weight is 85.1 g/mol. The SMILES string of the molecule is C=C(C)/C=N\O. The van der Waals surface area contributed by atoms with Gasteiger partial charge in [-0.1, -0.05) is 11.7 Å². The van der Waals surface area contributed by atoms with E-state index in [-0.39, 0.29) is 0 Å². The van der Waals surface area contributed by atoms with Crippen LogP contribution in [0.3, 0.4) is 0 Å². The van der Waals surface area contributed by atoms with Gasteiger partial charge in [-0.25, -0.2) is 0 Å². The monoisotopic (exact) mass is 85.1 g/mol. The van der Waals surface area contributed by atoms with Crippen LogP contribution in [0, 0.1) is 0 Å². The van der Waals surface area contributed by atoms with Crippen molar-refractivity contribution in [3.05, 3.63) is 12.2 Å². The first-order chi connectivity index (χ1) is 2.77. The fourth-order valence-electron chi connectivity index (χ4n) is 0.0986. The molecule has 0 aromatic rings. The third-order valence-corrected chi connectivity index (χ3v) is 0.278. The van der Waals surface area contributed by atoms with Crippen molar-refractivity contribution in [1.29, 1.82) is 0 Å². The standard InChI is InChI=1S/C4H7NO/c1-4(2)3-5-6/h3,6H,1H2,2H3/b5-3-. The minimum Gasteiger partial charge on any atom is -0.411 e. The van der Waals surface area contributed by atoms with Crippen LogP contribution in [-0.2, 0) is 0 Å². The first kappa shape index (κ1) is 5.21. The van der Waals surface area contributed by atoms with Crippen LogP contribution in [0.25, 0.3) is 0 Å². The van der Waals surface area contributed by atoms with E-state index >= 15 is 0 Å². The highest BCUT2D eigenvalue weighted by Gasteiger charge is 1.67. The molecule has 1 N–H and O–H groups in total. The van der Waals surface area contributed by atoms with Crippen LogP contribution in [0.2, 0.25) is 0 Å². The van der Waals surface area contributed by atoms with E-state index in [2.05, 4.69) is 11.7 Å². The van der Waals surface area contributed by atoms with E-state index in [0.717, 1.165) is 5.57 Å². The summed E-state index contributed by atoms with van der Waals surface area (Å²) in [4.78, 5) is 0. The van der Waals surface area contributed by atoms with Crippen molar-refractivity contribution < 1.29 is 5.21 Å². The molecule has 0 aromatic heterocycles. The minimum atomic E-state index is 0.748. The third-order valence-electron chi connectivity index (χ3n) is 0.278. The Bertz CT molecular complexity index is 75.6. The summed E-state index contributed by atoms with van der Waals surface area (Å²) in [7, 11) is 0. The predicted molar refractivity (Wildman–Crippen MR) is 25.1 cm³/mol. The Balaban J connectivity index is 3.30. The lowest BCUT2D eigenvalue weighted by molar-refractivity contribution is 0.321. The van der Waals surface area contributed by atoms with Crippen LogP contribution >= 0.6 is 0 Å². The van der Waals surface area contributed by atoms with Crippen LogP contribution in [-0.4, -0.2) is 11.4 Å². The minimum absolute atomic E-state index is 0.748. The highest BCUT2D eigenvalue weighted by Crippen LogP contribution is 1.74. The maximum Gasteiger partial charge on any atom is 0.0684 e. The molecule has 0 fully saturated rings. The second kappa shape index (κ2) is 2.45. The first-order valence-corrected chi connectivity index (χ1v) is 1.60. The van der Waals surface area contributed by atoms with E-state index in [1.165, 1.54) is 6.21 Å². The van der Waals surface area contributed by atoms with Gasteiger partial charge in [0.15, 0.2) is 0 Å². The van der Waals surface area contributed by atoms with Gasteiger partial charge in [-0.05, 0) is 12.5 Å². The van der Waals surface area contributed by atoms with Gasteiger partial charge in [0.05, 0.1) is 6.21 Å². The molecule has 0 saturated carbocycles. The number of hydrogen-bond acceptors (Lipinski definition) is 2. The zero-order valence-electron chi connectivity index (χ0n) is 3.68. The molecule has 0 atom stereocenters. The number of nitrogens with zero attached hydrogens (tertiary/aromatic N) is 1. The third kappa shape index (κ3) is 3.21. The topological polar surface area (TPSA) is 32.6 Å². The highest BCUT2D eigenvalue weighted by atomic mass is 16.4. The van der Waals surface area contributed by atoms with Crippen LogP contribution < -0.4 is 0 Å². The zero-order chi connectivity index (χ0) is 4.99. The number of hydrogen-bond donors (Lipinski definition) is 1. The van der Waals surface area contributed by atoms with Crippen molar-refractivity contribution in [2.45, 2.75) is 6.92 Å². The quantitative estimate of drug-likeness (QED) is 0.288. The number of oxime groups is 1. The second-order valence-corrected chi connectivity index (χ2v) is 1.09. The van der Waals surface area contributed by atoms with Gasteiger partial charge in [-0.3, -0.25) is 0 Å². The summed E-state index contributed by atoms with van der Waals surface area (Å²) in [5.74, 6) is 0. The van der Waals surface area contributed by atoms with Gasteiger partial charge < -0.3 is 5.21 Å². The molecule has 0 spiro atoms. The maximum atomic E-state index is 7.75. The highest BCUT2D eigenvalue weighted by molar-refractivity contribution is 5.75.